The maximum Gasteiger partial charge on any atom is 0.0375 e. The largest absolute Gasteiger partial charge is 0.384 e. The second kappa shape index (κ2) is 9.27. The number of hydrogen-bond acceptors (Lipinski definition) is 3. The first-order valence-corrected chi connectivity index (χ1v) is 10.8. The van der Waals surface area contributed by atoms with Crippen LogP contribution in [0, 0.1) is 0 Å². The van der Waals surface area contributed by atoms with Crippen molar-refractivity contribution in [2.75, 3.05) is 36.8 Å². The second-order valence-corrected chi connectivity index (χ2v) is 7.90. The molecule has 3 N–H and O–H groups in total. The van der Waals surface area contributed by atoms with Crippen molar-refractivity contribution in [2.45, 2.75) is 51.4 Å². The van der Waals surface area contributed by atoms with Gasteiger partial charge in [0, 0.05) is 37.6 Å². The number of benzene rings is 2. The Morgan fingerprint density at radius 1 is 0.556 bits per heavy atom. The smallest absolute Gasteiger partial charge is 0.0375 e. The summed E-state index contributed by atoms with van der Waals surface area (Å²) in [6.07, 6.45) is 10.3. The van der Waals surface area contributed by atoms with Gasteiger partial charge in [-0.2, -0.15) is 0 Å². The molecule has 0 fully saturated rings. The van der Waals surface area contributed by atoms with E-state index in [1.807, 2.05) is 0 Å². The topological polar surface area (TPSA) is 36.1 Å². The van der Waals surface area contributed by atoms with Gasteiger partial charge in [0.1, 0.15) is 0 Å². The Morgan fingerprint density at radius 2 is 1.04 bits per heavy atom. The molecule has 0 atom stereocenters. The summed E-state index contributed by atoms with van der Waals surface area (Å²) in [6.45, 7) is 3.96. The van der Waals surface area contributed by atoms with Crippen LogP contribution in [0.25, 0.3) is 0 Å². The monoisotopic (exact) mass is 363 g/mol. The van der Waals surface area contributed by atoms with Crippen molar-refractivity contribution in [3.63, 3.8) is 0 Å². The van der Waals surface area contributed by atoms with E-state index >= 15 is 0 Å². The molecule has 3 nitrogen and oxygen atoms in total. The predicted molar refractivity (Wildman–Crippen MR) is 116 cm³/mol. The molecule has 2 aromatic carbocycles. The molecule has 0 bridgehead atoms. The quantitative estimate of drug-likeness (QED) is 0.602. The molecule has 144 valence electrons. The third-order valence-corrected chi connectivity index (χ3v) is 6.03. The van der Waals surface area contributed by atoms with E-state index in [9.17, 15) is 0 Å². The number of rotatable bonds is 8. The lowest BCUT2D eigenvalue weighted by molar-refractivity contribution is 0.682. The zero-order chi connectivity index (χ0) is 18.3. The number of nitrogens with one attached hydrogen (secondary N) is 3. The lowest BCUT2D eigenvalue weighted by Crippen LogP contribution is -2.28. The molecule has 27 heavy (non-hydrogen) atoms. The summed E-state index contributed by atoms with van der Waals surface area (Å²) in [5, 5.41) is 10.8. The summed E-state index contributed by atoms with van der Waals surface area (Å²) in [4.78, 5) is 0. The zero-order valence-corrected chi connectivity index (χ0v) is 16.4. The van der Waals surface area contributed by atoms with Gasteiger partial charge in [-0.05, 0) is 85.8 Å². The predicted octanol–water partition coefficient (Wildman–Crippen LogP) is 4.56. The van der Waals surface area contributed by atoms with Gasteiger partial charge in [-0.25, -0.2) is 0 Å². The highest BCUT2D eigenvalue weighted by molar-refractivity contribution is 5.56. The Hall–Kier alpha value is -2.00. The fraction of sp³-hybridized carbons (Fsp3) is 0.500. The standard InChI is InChI=1S/C24H33N3/c1-3-11-21-19(7-1)9-5-13-23(21)26-17-15-25-16-18-27-24-14-6-10-20-8-2-4-12-22(20)24/h5-6,9-10,13-14,25-27H,1-4,7-8,11-12,15-18H2. The lowest BCUT2D eigenvalue weighted by atomic mass is 9.90. The molecule has 0 spiro atoms. The minimum Gasteiger partial charge on any atom is -0.384 e. The minimum atomic E-state index is 0.983. The van der Waals surface area contributed by atoms with Crippen molar-refractivity contribution in [3.8, 4) is 0 Å². The van der Waals surface area contributed by atoms with E-state index in [4.69, 9.17) is 0 Å². The summed E-state index contributed by atoms with van der Waals surface area (Å²) in [7, 11) is 0. The van der Waals surface area contributed by atoms with E-state index in [2.05, 4.69) is 52.3 Å². The molecule has 0 heterocycles. The molecule has 0 amide bonds. The van der Waals surface area contributed by atoms with E-state index in [0.717, 1.165) is 26.2 Å². The lowest BCUT2D eigenvalue weighted by Gasteiger charge is -2.21. The van der Waals surface area contributed by atoms with Crippen LogP contribution in [-0.4, -0.2) is 26.2 Å². The van der Waals surface area contributed by atoms with Crippen molar-refractivity contribution in [3.05, 3.63) is 58.7 Å². The number of anilines is 2. The third kappa shape index (κ3) is 4.65. The van der Waals surface area contributed by atoms with Gasteiger partial charge in [-0.1, -0.05) is 24.3 Å². The molecule has 2 aliphatic carbocycles. The number of fused-ring (bicyclic) bond motifs is 2. The van der Waals surface area contributed by atoms with Crippen LogP contribution in [0.1, 0.15) is 47.9 Å². The van der Waals surface area contributed by atoms with Gasteiger partial charge < -0.3 is 16.0 Å². The van der Waals surface area contributed by atoms with Crippen LogP contribution in [0.3, 0.4) is 0 Å². The first kappa shape index (κ1) is 18.4. The van der Waals surface area contributed by atoms with E-state index < -0.39 is 0 Å². The molecular weight excluding hydrogens is 330 g/mol. The van der Waals surface area contributed by atoms with Crippen molar-refractivity contribution in [2.24, 2.45) is 0 Å². The van der Waals surface area contributed by atoms with Crippen LogP contribution < -0.4 is 16.0 Å². The fourth-order valence-electron chi connectivity index (χ4n) is 4.59. The summed E-state index contributed by atoms with van der Waals surface area (Å²) in [5.74, 6) is 0. The fourth-order valence-corrected chi connectivity index (χ4v) is 4.59. The minimum absolute atomic E-state index is 0.983. The van der Waals surface area contributed by atoms with Crippen LogP contribution in [0.5, 0.6) is 0 Å². The maximum absolute atomic E-state index is 3.64. The molecule has 2 aromatic rings. The van der Waals surface area contributed by atoms with Gasteiger partial charge in [0.2, 0.25) is 0 Å². The van der Waals surface area contributed by atoms with Gasteiger partial charge in [-0.3, -0.25) is 0 Å². The summed E-state index contributed by atoms with van der Waals surface area (Å²) in [6, 6.07) is 13.5. The Bertz CT molecular complexity index is 690. The highest BCUT2D eigenvalue weighted by Crippen LogP contribution is 2.28. The Kier molecular flexibility index (Phi) is 6.31. The van der Waals surface area contributed by atoms with E-state index in [1.165, 1.54) is 62.7 Å². The van der Waals surface area contributed by atoms with Crippen LogP contribution in [0.2, 0.25) is 0 Å². The Morgan fingerprint density at radius 3 is 1.56 bits per heavy atom. The summed E-state index contributed by atoms with van der Waals surface area (Å²) >= 11 is 0. The van der Waals surface area contributed by atoms with Gasteiger partial charge in [0.15, 0.2) is 0 Å². The molecular formula is C24H33N3. The van der Waals surface area contributed by atoms with Crippen LogP contribution in [0.4, 0.5) is 11.4 Å². The molecule has 0 saturated heterocycles. The normalized spacial score (nSPS) is 15.7. The Balaban J connectivity index is 1.17. The van der Waals surface area contributed by atoms with Crippen molar-refractivity contribution in [1.82, 2.24) is 5.32 Å². The summed E-state index contributed by atoms with van der Waals surface area (Å²) in [5.41, 5.74) is 8.91. The van der Waals surface area contributed by atoms with Crippen molar-refractivity contribution < 1.29 is 0 Å². The van der Waals surface area contributed by atoms with E-state index in [0.29, 0.717) is 0 Å². The molecule has 4 rings (SSSR count). The maximum atomic E-state index is 3.64. The molecule has 3 heteroatoms. The van der Waals surface area contributed by atoms with Gasteiger partial charge >= 0.3 is 0 Å². The average Bonchev–Trinajstić information content (AvgIpc) is 2.73. The molecule has 0 radical (unpaired) electrons. The third-order valence-electron chi connectivity index (χ3n) is 6.03. The van der Waals surface area contributed by atoms with Crippen molar-refractivity contribution >= 4 is 11.4 Å². The molecule has 2 aliphatic rings. The Labute approximate surface area is 164 Å². The summed E-state index contributed by atoms with van der Waals surface area (Å²) < 4.78 is 0. The van der Waals surface area contributed by atoms with Gasteiger partial charge in [0.05, 0.1) is 0 Å². The van der Waals surface area contributed by atoms with Crippen molar-refractivity contribution in [1.29, 1.82) is 0 Å². The zero-order valence-electron chi connectivity index (χ0n) is 16.4. The van der Waals surface area contributed by atoms with E-state index in [1.54, 1.807) is 22.3 Å². The molecule has 0 unspecified atom stereocenters. The molecule has 0 aromatic heterocycles. The highest BCUT2D eigenvalue weighted by atomic mass is 15.0. The van der Waals surface area contributed by atoms with Crippen LogP contribution >= 0.6 is 0 Å². The first-order chi connectivity index (χ1) is 13.4. The van der Waals surface area contributed by atoms with Gasteiger partial charge in [0.25, 0.3) is 0 Å². The number of hydrogen-bond donors (Lipinski definition) is 3. The SMILES string of the molecule is c1cc2c(c(NCCNCCNc3cccc4c3CCCC4)c1)CCCC2. The molecule has 0 aliphatic heterocycles. The van der Waals surface area contributed by atoms with Crippen LogP contribution in [0.15, 0.2) is 36.4 Å². The average molecular weight is 364 g/mol. The first-order valence-electron chi connectivity index (χ1n) is 10.8. The molecule has 0 saturated carbocycles. The van der Waals surface area contributed by atoms with E-state index in [-0.39, 0.29) is 0 Å². The second-order valence-electron chi connectivity index (χ2n) is 7.90. The van der Waals surface area contributed by atoms with Gasteiger partial charge in [-0.15, -0.1) is 0 Å². The highest BCUT2D eigenvalue weighted by Gasteiger charge is 2.13. The van der Waals surface area contributed by atoms with Crippen LogP contribution in [-0.2, 0) is 25.7 Å². The number of aryl methyl sites for hydroxylation is 2.